The van der Waals surface area contributed by atoms with E-state index >= 15 is 0 Å². The molecule has 0 radical (unpaired) electrons. The van der Waals surface area contributed by atoms with E-state index in [9.17, 15) is 4.79 Å². The Kier molecular flexibility index (Phi) is 3.74. The fourth-order valence-corrected chi connectivity index (χ4v) is 5.16. The Morgan fingerprint density at radius 2 is 2.21 bits per heavy atom. The molecule has 0 saturated heterocycles. The lowest BCUT2D eigenvalue weighted by Gasteiger charge is -2.33. The molecule has 146 valence electrons. The van der Waals surface area contributed by atoms with Gasteiger partial charge in [0.1, 0.15) is 11.6 Å². The molecular formula is C23H26N2O3. The maximum atomic E-state index is 11.0. The number of rotatable bonds is 3. The molecule has 2 aromatic carbocycles. The number of aliphatic carboxylic acids is 1. The molecule has 5 nitrogen and oxygen atoms in total. The second-order valence-corrected chi connectivity index (χ2v) is 9.01. The molecule has 2 N–H and O–H groups in total. The number of aromatic nitrogens is 2. The minimum absolute atomic E-state index is 0.0805. The number of carboxylic acid groups (broad SMARTS) is 1. The molecule has 5 rings (SSSR count). The Labute approximate surface area is 164 Å². The SMILES string of the molecule is CC1COc2c1c1nc(CCC(=O)O)[nH]c1c1c3c(ccc21)C(C)(C)CCC3. The molecule has 0 fully saturated rings. The van der Waals surface area contributed by atoms with Crippen LogP contribution in [0.2, 0.25) is 0 Å². The van der Waals surface area contributed by atoms with E-state index in [1.165, 1.54) is 29.4 Å². The van der Waals surface area contributed by atoms with Crippen molar-refractivity contribution in [2.24, 2.45) is 0 Å². The van der Waals surface area contributed by atoms with Crippen LogP contribution < -0.4 is 4.74 Å². The monoisotopic (exact) mass is 378 g/mol. The van der Waals surface area contributed by atoms with Gasteiger partial charge in [0.15, 0.2) is 0 Å². The molecule has 0 saturated carbocycles. The molecule has 0 amide bonds. The summed E-state index contributed by atoms with van der Waals surface area (Å²) < 4.78 is 6.13. The van der Waals surface area contributed by atoms with Crippen LogP contribution in [0.5, 0.6) is 5.75 Å². The maximum Gasteiger partial charge on any atom is 0.303 e. The number of nitrogens with zero attached hydrogens (tertiary/aromatic N) is 1. The number of ether oxygens (including phenoxy) is 1. The number of aryl methyl sites for hydroxylation is 2. The highest BCUT2D eigenvalue weighted by molar-refractivity contribution is 6.12. The van der Waals surface area contributed by atoms with Crippen molar-refractivity contribution in [1.29, 1.82) is 0 Å². The van der Waals surface area contributed by atoms with Crippen LogP contribution in [0.4, 0.5) is 0 Å². The molecule has 28 heavy (non-hydrogen) atoms. The second kappa shape index (κ2) is 5.97. The van der Waals surface area contributed by atoms with Gasteiger partial charge in [0.25, 0.3) is 0 Å². The molecule has 1 aliphatic heterocycles. The van der Waals surface area contributed by atoms with Gasteiger partial charge in [0.2, 0.25) is 0 Å². The molecule has 2 heterocycles. The number of nitrogens with one attached hydrogen (secondary N) is 1. The Hall–Kier alpha value is -2.56. The van der Waals surface area contributed by atoms with Gasteiger partial charge in [-0.2, -0.15) is 0 Å². The van der Waals surface area contributed by atoms with Gasteiger partial charge in [-0.1, -0.05) is 32.9 Å². The molecule has 1 aliphatic carbocycles. The fourth-order valence-electron chi connectivity index (χ4n) is 5.16. The number of imidazole rings is 1. The van der Waals surface area contributed by atoms with E-state index in [0.29, 0.717) is 13.0 Å². The first-order valence-corrected chi connectivity index (χ1v) is 10.2. The summed E-state index contributed by atoms with van der Waals surface area (Å²) in [6.07, 6.45) is 3.92. The number of aromatic amines is 1. The predicted molar refractivity (Wildman–Crippen MR) is 109 cm³/mol. The van der Waals surface area contributed by atoms with Crippen molar-refractivity contribution in [3.63, 3.8) is 0 Å². The quantitative estimate of drug-likeness (QED) is 0.684. The van der Waals surface area contributed by atoms with Crippen molar-refractivity contribution in [3.8, 4) is 5.75 Å². The number of benzene rings is 2. The van der Waals surface area contributed by atoms with E-state index < -0.39 is 5.97 Å². The summed E-state index contributed by atoms with van der Waals surface area (Å²) in [7, 11) is 0. The van der Waals surface area contributed by atoms with Crippen LogP contribution in [0.25, 0.3) is 21.8 Å². The van der Waals surface area contributed by atoms with Gasteiger partial charge >= 0.3 is 5.97 Å². The normalized spacial score (nSPS) is 20.2. The predicted octanol–water partition coefficient (Wildman–Crippen LogP) is 4.84. The smallest absolute Gasteiger partial charge is 0.303 e. The van der Waals surface area contributed by atoms with E-state index in [0.717, 1.165) is 40.0 Å². The zero-order chi connectivity index (χ0) is 19.6. The number of hydrogen-bond donors (Lipinski definition) is 2. The van der Waals surface area contributed by atoms with Crippen LogP contribution in [-0.4, -0.2) is 27.7 Å². The summed E-state index contributed by atoms with van der Waals surface area (Å²) >= 11 is 0. The van der Waals surface area contributed by atoms with Crippen molar-refractivity contribution < 1.29 is 14.6 Å². The lowest BCUT2D eigenvalue weighted by atomic mass is 9.71. The number of fused-ring (bicyclic) bond motifs is 8. The highest BCUT2D eigenvalue weighted by Gasteiger charge is 2.33. The van der Waals surface area contributed by atoms with Crippen LogP contribution in [-0.2, 0) is 23.1 Å². The average Bonchev–Trinajstić information content (AvgIpc) is 3.23. The lowest BCUT2D eigenvalue weighted by molar-refractivity contribution is -0.137. The molecular weight excluding hydrogens is 352 g/mol. The largest absolute Gasteiger partial charge is 0.492 e. The van der Waals surface area contributed by atoms with Crippen molar-refractivity contribution in [2.75, 3.05) is 6.61 Å². The minimum Gasteiger partial charge on any atom is -0.492 e. The Morgan fingerprint density at radius 1 is 1.39 bits per heavy atom. The summed E-state index contributed by atoms with van der Waals surface area (Å²) in [5.74, 6) is 1.20. The summed E-state index contributed by atoms with van der Waals surface area (Å²) in [6.45, 7) is 7.49. The summed E-state index contributed by atoms with van der Waals surface area (Å²) in [4.78, 5) is 19.4. The van der Waals surface area contributed by atoms with Gasteiger partial charge in [-0.3, -0.25) is 4.79 Å². The zero-order valence-corrected chi connectivity index (χ0v) is 16.7. The van der Waals surface area contributed by atoms with Crippen LogP contribution in [0.15, 0.2) is 12.1 Å². The fraction of sp³-hybridized carbons (Fsp3) is 0.478. The first-order chi connectivity index (χ1) is 13.4. The highest BCUT2D eigenvalue weighted by atomic mass is 16.5. The van der Waals surface area contributed by atoms with Crippen LogP contribution in [0, 0.1) is 0 Å². The highest BCUT2D eigenvalue weighted by Crippen LogP contribution is 2.49. The van der Waals surface area contributed by atoms with E-state index in [1.54, 1.807) is 0 Å². The topological polar surface area (TPSA) is 75.2 Å². The Balaban J connectivity index is 1.85. The summed E-state index contributed by atoms with van der Waals surface area (Å²) in [5.41, 5.74) is 6.16. The maximum absolute atomic E-state index is 11.0. The molecule has 1 atom stereocenters. The molecule has 3 aromatic rings. The van der Waals surface area contributed by atoms with E-state index in [2.05, 4.69) is 37.9 Å². The molecule has 5 heteroatoms. The van der Waals surface area contributed by atoms with Crippen LogP contribution >= 0.6 is 0 Å². The lowest BCUT2D eigenvalue weighted by Crippen LogP contribution is -2.23. The minimum atomic E-state index is -0.800. The Bertz CT molecular complexity index is 1130. The standard InChI is InChI=1S/C23H26N2O3/c1-12-11-28-22-14-6-7-15-13(5-4-10-23(15,2)3)19(14)21-20(18(12)22)24-16(25-21)8-9-17(26)27/h6-7,12H,4-5,8-11H2,1-3H3,(H,24,25)(H,26,27). The van der Waals surface area contributed by atoms with Gasteiger partial charge in [-0.15, -0.1) is 0 Å². The van der Waals surface area contributed by atoms with E-state index in [4.69, 9.17) is 14.8 Å². The third-order valence-corrected chi connectivity index (χ3v) is 6.56. The van der Waals surface area contributed by atoms with Gasteiger partial charge < -0.3 is 14.8 Å². The third kappa shape index (κ3) is 2.45. The third-order valence-electron chi connectivity index (χ3n) is 6.56. The molecule has 2 aliphatic rings. The van der Waals surface area contributed by atoms with Crippen molar-refractivity contribution in [1.82, 2.24) is 9.97 Å². The molecule has 1 unspecified atom stereocenters. The van der Waals surface area contributed by atoms with Crippen molar-refractivity contribution in [2.45, 2.75) is 64.2 Å². The number of H-pyrrole nitrogens is 1. The molecule has 0 spiro atoms. The van der Waals surface area contributed by atoms with E-state index in [1.807, 2.05) is 0 Å². The zero-order valence-electron chi connectivity index (χ0n) is 16.7. The van der Waals surface area contributed by atoms with Crippen LogP contribution in [0.3, 0.4) is 0 Å². The first-order valence-electron chi connectivity index (χ1n) is 10.2. The van der Waals surface area contributed by atoms with E-state index in [-0.39, 0.29) is 17.8 Å². The van der Waals surface area contributed by atoms with Gasteiger partial charge in [0.05, 0.1) is 24.1 Å². The second-order valence-electron chi connectivity index (χ2n) is 9.01. The van der Waals surface area contributed by atoms with Crippen molar-refractivity contribution >= 4 is 27.8 Å². The molecule has 0 bridgehead atoms. The molecule has 1 aromatic heterocycles. The van der Waals surface area contributed by atoms with Gasteiger partial charge in [-0.05, 0) is 35.8 Å². The first kappa shape index (κ1) is 17.5. The summed E-state index contributed by atoms with van der Waals surface area (Å²) in [6, 6.07) is 4.51. The van der Waals surface area contributed by atoms with Crippen LogP contribution in [0.1, 0.15) is 68.5 Å². The number of carbonyl (C=O) groups is 1. The van der Waals surface area contributed by atoms with Gasteiger partial charge in [-0.25, -0.2) is 4.98 Å². The Morgan fingerprint density at radius 3 is 3.00 bits per heavy atom. The number of carboxylic acids is 1. The van der Waals surface area contributed by atoms with Crippen molar-refractivity contribution in [3.05, 3.63) is 34.6 Å². The number of hydrogen-bond acceptors (Lipinski definition) is 3. The van der Waals surface area contributed by atoms with Gasteiger partial charge in [0, 0.05) is 28.7 Å². The average molecular weight is 378 g/mol. The summed E-state index contributed by atoms with van der Waals surface area (Å²) in [5, 5.41) is 11.5.